The summed E-state index contributed by atoms with van der Waals surface area (Å²) in [7, 11) is 0. The minimum Gasteiger partial charge on any atom is -0.462 e. The lowest BCUT2D eigenvalue weighted by Crippen LogP contribution is -2.30. The van der Waals surface area contributed by atoms with E-state index in [1.165, 1.54) is 83.5 Å². The van der Waals surface area contributed by atoms with Crippen molar-refractivity contribution in [2.45, 2.75) is 290 Å². The van der Waals surface area contributed by atoms with E-state index < -0.39 is 6.10 Å². The molecule has 1 unspecified atom stereocenters. The number of carbonyl (C=O) groups is 3. The molecule has 0 fully saturated rings. The summed E-state index contributed by atoms with van der Waals surface area (Å²) in [6.45, 7) is 6.38. The van der Waals surface area contributed by atoms with Gasteiger partial charge in [0.15, 0.2) is 6.10 Å². The van der Waals surface area contributed by atoms with E-state index in [2.05, 4.69) is 167 Å². The molecule has 0 N–H and O–H groups in total. The van der Waals surface area contributed by atoms with Crippen LogP contribution in [0.3, 0.4) is 0 Å². The third-order valence-electron chi connectivity index (χ3n) is 13.6. The molecule has 0 aromatic heterocycles. The summed E-state index contributed by atoms with van der Waals surface area (Å²) in [5.74, 6) is -0.946. The molecule has 0 aliphatic heterocycles. The van der Waals surface area contributed by atoms with Crippen molar-refractivity contribution in [3.05, 3.63) is 146 Å². The first-order valence-corrected chi connectivity index (χ1v) is 32.8. The second-order valence-corrected chi connectivity index (χ2v) is 21.3. The van der Waals surface area contributed by atoms with E-state index in [0.717, 1.165) is 161 Å². The Labute approximate surface area is 493 Å². The first kappa shape index (κ1) is 75.3. The smallest absolute Gasteiger partial charge is 0.306 e. The number of ether oxygens (including phenoxy) is 3. The van der Waals surface area contributed by atoms with E-state index in [1.54, 1.807) is 0 Å². The van der Waals surface area contributed by atoms with Gasteiger partial charge in [-0.15, -0.1) is 0 Å². The van der Waals surface area contributed by atoms with Gasteiger partial charge in [0.1, 0.15) is 13.2 Å². The van der Waals surface area contributed by atoms with Gasteiger partial charge in [-0.25, -0.2) is 0 Å². The van der Waals surface area contributed by atoms with Crippen LogP contribution in [0.2, 0.25) is 0 Å². The summed E-state index contributed by atoms with van der Waals surface area (Å²) in [6, 6.07) is 0. The Balaban J connectivity index is 4.41. The van der Waals surface area contributed by atoms with E-state index >= 15 is 0 Å². The Hall–Kier alpha value is -4.71. The van der Waals surface area contributed by atoms with Crippen molar-refractivity contribution in [2.75, 3.05) is 13.2 Å². The zero-order valence-electron chi connectivity index (χ0n) is 51.8. The number of hydrogen-bond donors (Lipinski definition) is 0. The van der Waals surface area contributed by atoms with Gasteiger partial charge in [0.2, 0.25) is 0 Å². The summed E-state index contributed by atoms with van der Waals surface area (Å²) >= 11 is 0. The fraction of sp³-hybridized carbons (Fsp3) is 0.635. The Morgan fingerprint density at radius 2 is 0.487 bits per heavy atom. The van der Waals surface area contributed by atoms with Gasteiger partial charge in [-0.2, -0.15) is 0 Å². The molecule has 6 heteroatoms. The molecule has 0 aromatic carbocycles. The van der Waals surface area contributed by atoms with Gasteiger partial charge in [0.25, 0.3) is 0 Å². The lowest BCUT2D eigenvalue weighted by Gasteiger charge is -2.18. The van der Waals surface area contributed by atoms with Gasteiger partial charge in [0.05, 0.1) is 0 Å². The fourth-order valence-electron chi connectivity index (χ4n) is 8.74. The van der Waals surface area contributed by atoms with Crippen LogP contribution in [0.15, 0.2) is 146 Å². The highest BCUT2D eigenvalue weighted by Crippen LogP contribution is 2.16. The first-order chi connectivity index (χ1) is 39.5. The average Bonchev–Trinajstić information content (AvgIpc) is 3.46. The highest BCUT2D eigenvalue weighted by Gasteiger charge is 2.19. The fourth-order valence-corrected chi connectivity index (χ4v) is 8.74. The van der Waals surface area contributed by atoms with Crippen molar-refractivity contribution in [1.29, 1.82) is 0 Å². The predicted octanol–water partition coefficient (Wildman–Crippen LogP) is 22.7. The monoisotopic (exact) mass is 1100 g/mol. The summed E-state index contributed by atoms with van der Waals surface area (Å²) in [5, 5.41) is 0. The van der Waals surface area contributed by atoms with Crippen molar-refractivity contribution < 1.29 is 28.6 Å². The van der Waals surface area contributed by atoms with Crippen LogP contribution >= 0.6 is 0 Å². The number of carbonyl (C=O) groups excluding carboxylic acids is 3. The predicted molar refractivity (Wildman–Crippen MR) is 348 cm³/mol. The van der Waals surface area contributed by atoms with E-state index in [4.69, 9.17) is 14.2 Å². The summed E-state index contributed by atoms with van der Waals surface area (Å²) in [6.07, 6.45) is 95.7. The third kappa shape index (κ3) is 64.1. The molecule has 0 saturated carbocycles. The van der Waals surface area contributed by atoms with Crippen LogP contribution in [0.5, 0.6) is 0 Å². The van der Waals surface area contributed by atoms with Gasteiger partial charge in [0, 0.05) is 19.3 Å². The molecule has 0 amide bonds. The molecule has 0 bridgehead atoms. The van der Waals surface area contributed by atoms with Gasteiger partial charge >= 0.3 is 17.9 Å². The molecule has 452 valence electrons. The lowest BCUT2D eigenvalue weighted by molar-refractivity contribution is -0.167. The number of rotatable bonds is 58. The molecular weight excluding hydrogens is 985 g/mol. The van der Waals surface area contributed by atoms with Gasteiger partial charge < -0.3 is 14.2 Å². The summed E-state index contributed by atoms with van der Waals surface area (Å²) in [5.41, 5.74) is 0. The minimum atomic E-state index is -0.804. The molecule has 0 saturated heterocycles. The molecule has 0 heterocycles. The molecule has 0 spiro atoms. The van der Waals surface area contributed by atoms with Crippen LogP contribution in [0.4, 0.5) is 0 Å². The molecule has 80 heavy (non-hydrogen) atoms. The van der Waals surface area contributed by atoms with E-state index in [0.29, 0.717) is 19.3 Å². The van der Waals surface area contributed by atoms with Crippen molar-refractivity contribution >= 4 is 17.9 Å². The second kappa shape index (κ2) is 66.8. The molecule has 0 rings (SSSR count). The van der Waals surface area contributed by atoms with Gasteiger partial charge in [-0.3, -0.25) is 14.4 Å². The normalized spacial score (nSPS) is 13.1. The van der Waals surface area contributed by atoms with Crippen LogP contribution in [-0.2, 0) is 28.6 Å². The Kier molecular flexibility index (Phi) is 62.9. The number of unbranched alkanes of at least 4 members (excludes halogenated alkanes) is 23. The van der Waals surface area contributed by atoms with Crippen LogP contribution in [0.25, 0.3) is 0 Å². The van der Waals surface area contributed by atoms with E-state index in [1.807, 2.05) is 0 Å². The van der Waals surface area contributed by atoms with Gasteiger partial charge in [-0.05, 0) is 122 Å². The van der Waals surface area contributed by atoms with Crippen LogP contribution in [0.1, 0.15) is 284 Å². The van der Waals surface area contributed by atoms with Crippen molar-refractivity contribution in [2.24, 2.45) is 0 Å². The lowest BCUT2D eigenvalue weighted by atomic mass is 10.0. The molecule has 0 radical (unpaired) electrons. The number of esters is 3. The van der Waals surface area contributed by atoms with Crippen LogP contribution < -0.4 is 0 Å². The summed E-state index contributed by atoms with van der Waals surface area (Å²) in [4.78, 5) is 38.3. The van der Waals surface area contributed by atoms with Gasteiger partial charge in [-0.1, -0.05) is 289 Å². The van der Waals surface area contributed by atoms with E-state index in [9.17, 15) is 14.4 Å². The topological polar surface area (TPSA) is 78.9 Å². The Morgan fingerprint density at radius 3 is 0.775 bits per heavy atom. The molecule has 6 nitrogen and oxygen atoms in total. The number of hydrogen-bond acceptors (Lipinski definition) is 6. The zero-order chi connectivity index (χ0) is 57.8. The highest BCUT2D eigenvalue weighted by molar-refractivity contribution is 5.71. The quantitative estimate of drug-likeness (QED) is 0.0261. The zero-order valence-corrected chi connectivity index (χ0v) is 51.8. The maximum absolute atomic E-state index is 12.9. The maximum atomic E-state index is 12.9. The minimum absolute atomic E-state index is 0.100. The highest BCUT2D eigenvalue weighted by atomic mass is 16.6. The first-order valence-electron chi connectivity index (χ1n) is 32.8. The molecular formula is C74H120O6. The molecule has 0 aromatic rings. The number of allylic oxidation sites excluding steroid dienone is 24. The molecule has 1 atom stereocenters. The standard InChI is InChI=1S/C74H120O6/c1-4-7-10-13-16-19-22-25-28-30-31-32-33-34-35-36-37-38-39-40-41-42-43-44-47-49-52-55-58-61-64-67-73(76)79-70-71(69-78-72(75)66-63-60-57-54-51-48-45-27-24-21-18-15-12-9-6-3)80-74(77)68-65-62-59-56-53-50-46-29-26-23-20-17-14-11-8-5-2/h7,9-10,12,16,18-19,21,25,27-28,31-32,34-35,37-38,40-41,43-45,49,52,71H,4-6,8,11,13-15,17,20,22-24,26,29-30,33,36,39,42,46-48,50-51,53-70H2,1-3H3/b10-7-,12-9-,19-16-,21-18-,28-25-,32-31-,35-34-,38-37-,41-40-,44-43-,45-27-,52-49-. The average molecular weight is 1110 g/mol. The SMILES string of the molecule is CC/C=C\C/C=C\C/C=C\C/C=C\C/C=C\C/C=C\C/C=C\C/C=C\C/C=C\CCCCCC(=O)OCC(COC(=O)CCCCCCC/C=C\C/C=C\C/C=C\CC)OC(=O)CCCCCCCCCCCCCCCCCC. The van der Waals surface area contributed by atoms with Crippen LogP contribution in [-0.4, -0.2) is 37.2 Å². The van der Waals surface area contributed by atoms with Crippen molar-refractivity contribution in [1.82, 2.24) is 0 Å². The van der Waals surface area contributed by atoms with Crippen molar-refractivity contribution in [3.8, 4) is 0 Å². The maximum Gasteiger partial charge on any atom is 0.306 e. The Morgan fingerprint density at radius 1 is 0.263 bits per heavy atom. The largest absolute Gasteiger partial charge is 0.462 e. The van der Waals surface area contributed by atoms with Crippen molar-refractivity contribution in [3.63, 3.8) is 0 Å². The Bertz CT molecular complexity index is 1750. The molecule has 0 aliphatic carbocycles. The third-order valence-corrected chi connectivity index (χ3v) is 13.6. The second-order valence-electron chi connectivity index (χ2n) is 21.3. The van der Waals surface area contributed by atoms with E-state index in [-0.39, 0.29) is 31.1 Å². The summed E-state index contributed by atoms with van der Waals surface area (Å²) < 4.78 is 16.9. The molecule has 0 aliphatic rings. The van der Waals surface area contributed by atoms with Crippen LogP contribution in [0, 0.1) is 0 Å².